The van der Waals surface area contributed by atoms with Crippen molar-refractivity contribution in [2.24, 2.45) is 0 Å². The molecule has 7 aromatic rings. The van der Waals surface area contributed by atoms with E-state index < -0.39 is 0 Å². The number of furan rings is 1. The van der Waals surface area contributed by atoms with Crippen molar-refractivity contribution in [2.75, 3.05) is 0 Å². The Bertz CT molecular complexity index is 2440. The first-order valence-corrected chi connectivity index (χ1v) is 20.3. The van der Waals surface area contributed by atoms with Gasteiger partial charge in [0.2, 0.25) is 0 Å². The van der Waals surface area contributed by atoms with E-state index in [0.29, 0.717) is 0 Å². The maximum absolute atomic E-state index is 5.97. The maximum atomic E-state index is 5.97. The van der Waals surface area contributed by atoms with E-state index in [1.807, 2.05) is 26.0 Å². The Morgan fingerprint density at radius 1 is 0.400 bits per heavy atom. The number of rotatable bonds is 3. The van der Waals surface area contributed by atoms with Gasteiger partial charge in [-0.2, -0.15) is 0 Å². The van der Waals surface area contributed by atoms with Crippen LogP contribution in [0.4, 0.5) is 0 Å². The van der Waals surface area contributed by atoms with Crippen LogP contribution in [0.25, 0.3) is 55.6 Å². The number of para-hydroxylation sites is 1. The Labute approximate surface area is 329 Å². The molecule has 55 heavy (non-hydrogen) atoms. The highest BCUT2D eigenvalue weighted by Gasteiger charge is 2.38. The maximum Gasteiger partial charge on any atom is 0.135 e. The number of nitrogens with zero attached hydrogens (tertiary/aromatic N) is 2. The van der Waals surface area contributed by atoms with Crippen LogP contribution in [0.15, 0.2) is 126 Å². The van der Waals surface area contributed by atoms with Crippen molar-refractivity contribution in [1.29, 1.82) is 0 Å². The summed E-state index contributed by atoms with van der Waals surface area (Å²) in [6.45, 7) is 22.8. The lowest BCUT2D eigenvalue weighted by Crippen LogP contribution is -2.34. The van der Waals surface area contributed by atoms with Crippen LogP contribution < -0.4 is 0 Å². The fraction of sp³-hybridized carbons (Fsp3) is 0.346. The van der Waals surface area contributed by atoms with E-state index in [2.05, 4.69) is 165 Å². The molecular weight excluding hydrogens is 669 g/mol. The highest BCUT2D eigenvalue weighted by Crippen LogP contribution is 2.48. The molecule has 282 valence electrons. The Kier molecular flexibility index (Phi) is 10.1. The number of hydrogen-bond acceptors (Lipinski definition) is 3. The van der Waals surface area contributed by atoms with Crippen LogP contribution in [0.1, 0.15) is 117 Å². The van der Waals surface area contributed by atoms with Crippen LogP contribution in [-0.4, -0.2) is 9.97 Å². The lowest BCUT2D eigenvalue weighted by molar-refractivity contribution is 0.331. The van der Waals surface area contributed by atoms with E-state index in [9.17, 15) is 0 Å². The van der Waals surface area contributed by atoms with Gasteiger partial charge < -0.3 is 4.42 Å². The van der Waals surface area contributed by atoms with Crippen LogP contribution in [0.2, 0.25) is 0 Å². The van der Waals surface area contributed by atoms with Gasteiger partial charge in [0.05, 0.1) is 11.4 Å². The predicted octanol–water partition coefficient (Wildman–Crippen LogP) is 14.8. The van der Waals surface area contributed by atoms with Gasteiger partial charge in [-0.05, 0) is 117 Å². The van der Waals surface area contributed by atoms with Gasteiger partial charge in [-0.3, -0.25) is 9.97 Å². The van der Waals surface area contributed by atoms with Crippen LogP contribution in [-0.2, 0) is 21.7 Å². The van der Waals surface area contributed by atoms with Crippen molar-refractivity contribution in [3.63, 3.8) is 0 Å². The van der Waals surface area contributed by atoms with Gasteiger partial charge in [-0.1, -0.05) is 142 Å². The SMILES string of the molecule is CC.CC1(C)CCC(C)(C)c2cc(-c3ccc(-c4ccccc4)cc3)ncc21.CC1(C)CCC(C)(C)c2cc(-c3ccc4oc5ccccc5c4c3)ncc21. The molecule has 0 amide bonds. The van der Waals surface area contributed by atoms with E-state index >= 15 is 0 Å². The van der Waals surface area contributed by atoms with Crippen LogP contribution >= 0.6 is 0 Å². The van der Waals surface area contributed by atoms with E-state index in [4.69, 9.17) is 14.4 Å². The Morgan fingerprint density at radius 2 is 0.818 bits per heavy atom. The summed E-state index contributed by atoms with van der Waals surface area (Å²) in [4.78, 5) is 9.69. The number of fused-ring (bicyclic) bond motifs is 5. The van der Waals surface area contributed by atoms with Crippen molar-refractivity contribution in [1.82, 2.24) is 9.97 Å². The molecule has 9 rings (SSSR count). The van der Waals surface area contributed by atoms with Gasteiger partial charge in [0, 0.05) is 34.3 Å². The summed E-state index contributed by atoms with van der Waals surface area (Å²) in [7, 11) is 0. The first kappa shape index (κ1) is 38.3. The molecule has 3 nitrogen and oxygen atoms in total. The van der Waals surface area contributed by atoms with Gasteiger partial charge in [-0.25, -0.2) is 0 Å². The van der Waals surface area contributed by atoms with Crippen LogP contribution in [0.5, 0.6) is 0 Å². The van der Waals surface area contributed by atoms with Crippen molar-refractivity contribution in [2.45, 2.75) is 117 Å². The molecule has 3 heteroatoms. The molecule has 0 bridgehead atoms. The molecule has 0 saturated heterocycles. The van der Waals surface area contributed by atoms with Gasteiger partial charge in [0.15, 0.2) is 0 Å². The summed E-state index contributed by atoms with van der Waals surface area (Å²) in [5, 5.41) is 2.32. The first-order valence-electron chi connectivity index (χ1n) is 20.3. The van der Waals surface area contributed by atoms with E-state index in [0.717, 1.165) is 38.9 Å². The van der Waals surface area contributed by atoms with Gasteiger partial charge in [0.25, 0.3) is 0 Å². The molecule has 2 aliphatic rings. The van der Waals surface area contributed by atoms with Gasteiger partial charge in [0.1, 0.15) is 11.2 Å². The first-order chi connectivity index (χ1) is 26.2. The Balaban J connectivity index is 0.000000162. The number of benzene rings is 4. The summed E-state index contributed by atoms with van der Waals surface area (Å²) < 4.78 is 5.97. The summed E-state index contributed by atoms with van der Waals surface area (Å²) in [6.07, 6.45) is 9.10. The van der Waals surface area contributed by atoms with Crippen molar-refractivity contribution >= 4 is 21.9 Å². The standard InChI is InChI=1S/C25H25NO.C25H27N.C2H6/c1-24(2)11-12-25(3,4)20-15-26-21(14-19(20)24)16-9-10-23-18(13-16)17-7-5-6-8-22(17)27-23;1-24(2)14-15-25(3,4)22-17-26-23(16-21(22)24)20-12-10-19(11-13-20)18-8-6-5-7-9-18;1-2/h5-10,13-15H,11-12H2,1-4H3;5-13,16-17H,14-15H2,1-4H3;1-2H3. The van der Waals surface area contributed by atoms with Gasteiger partial charge in [-0.15, -0.1) is 0 Å². The molecule has 0 unspecified atom stereocenters. The molecule has 0 N–H and O–H groups in total. The summed E-state index contributed by atoms with van der Waals surface area (Å²) in [6, 6.07) is 38.6. The zero-order valence-corrected chi connectivity index (χ0v) is 34.7. The van der Waals surface area contributed by atoms with Gasteiger partial charge >= 0.3 is 0 Å². The Morgan fingerprint density at radius 3 is 1.38 bits per heavy atom. The quantitative estimate of drug-likeness (QED) is 0.182. The van der Waals surface area contributed by atoms with Crippen LogP contribution in [0, 0.1) is 0 Å². The zero-order valence-electron chi connectivity index (χ0n) is 34.7. The van der Waals surface area contributed by atoms with E-state index in [1.54, 1.807) is 0 Å². The smallest absolute Gasteiger partial charge is 0.135 e. The topological polar surface area (TPSA) is 38.9 Å². The molecule has 0 aliphatic heterocycles. The molecule has 0 saturated carbocycles. The second kappa shape index (κ2) is 14.6. The monoisotopic (exact) mass is 726 g/mol. The number of aromatic nitrogens is 2. The highest BCUT2D eigenvalue weighted by atomic mass is 16.3. The summed E-state index contributed by atoms with van der Waals surface area (Å²) in [5.41, 5.74) is 15.4. The molecular formula is C52H58N2O. The minimum atomic E-state index is 0.189. The summed E-state index contributed by atoms with van der Waals surface area (Å²) in [5.74, 6) is 0. The second-order valence-corrected chi connectivity index (χ2v) is 18.0. The third-order valence-electron chi connectivity index (χ3n) is 12.4. The van der Waals surface area contributed by atoms with E-state index in [1.165, 1.54) is 64.6 Å². The van der Waals surface area contributed by atoms with Crippen LogP contribution in [0.3, 0.4) is 0 Å². The fourth-order valence-corrected chi connectivity index (χ4v) is 8.56. The minimum Gasteiger partial charge on any atom is -0.456 e. The van der Waals surface area contributed by atoms with Crippen molar-refractivity contribution < 1.29 is 4.42 Å². The second-order valence-electron chi connectivity index (χ2n) is 18.0. The average molecular weight is 727 g/mol. The van der Waals surface area contributed by atoms with E-state index in [-0.39, 0.29) is 21.7 Å². The lowest BCUT2D eigenvalue weighted by atomic mass is 9.63. The van der Waals surface area contributed by atoms with Crippen molar-refractivity contribution in [3.8, 4) is 33.6 Å². The highest BCUT2D eigenvalue weighted by molar-refractivity contribution is 6.06. The third kappa shape index (κ3) is 7.39. The predicted molar refractivity (Wildman–Crippen MR) is 234 cm³/mol. The van der Waals surface area contributed by atoms with Crippen molar-refractivity contribution in [3.05, 3.63) is 144 Å². The Hall–Kier alpha value is -5.02. The number of pyridine rings is 2. The molecule has 0 radical (unpaired) electrons. The fourth-order valence-electron chi connectivity index (χ4n) is 8.56. The lowest BCUT2D eigenvalue weighted by Gasteiger charge is -2.41. The molecule has 0 spiro atoms. The third-order valence-corrected chi connectivity index (χ3v) is 12.4. The molecule has 4 aromatic carbocycles. The molecule has 0 fully saturated rings. The molecule has 2 aliphatic carbocycles. The largest absolute Gasteiger partial charge is 0.456 e. The minimum absolute atomic E-state index is 0.189. The average Bonchev–Trinajstić information content (AvgIpc) is 3.58. The zero-order chi connectivity index (χ0) is 39.2. The molecule has 0 atom stereocenters. The summed E-state index contributed by atoms with van der Waals surface area (Å²) >= 11 is 0. The molecule has 3 heterocycles. The molecule has 3 aromatic heterocycles. The number of hydrogen-bond donors (Lipinski definition) is 0. The normalized spacial score (nSPS) is 17.2.